The summed E-state index contributed by atoms with van der Waals surface area (Å²) in [6.45, 7) is 0. The predicted octanol–water partition coefficient (Wildman–Crippen LogP) is 2.78. The molecule has 0 spiro atoms. The smallest absolute Gasteiger partial charge is 0.249 e. The molecule has 1 heterocycles. The topological polar surface area (TPSA) is 52.3 Å². The van der Waals surface area contributed by atoms with E-state index in [-0.39, 0.29) is 0 Å². The number of hydrogen-bond acceptors (Lipinski definition) is 3. The third-order valence-electron chi connectivity index (χ3n) is 2.50. The van der Waals surface area contributed by atoms with Gasteiger partial charge in [0.1, 0.15) is 5.75 Å². The summed E-state index contributed by atoms with van der Waals surface area (Å²) < 4.78 is 5.08. The first kappa shape index (κ1) is 12.4. The molecular formula is C14H13NO2S. The largest absolute Gasteiger partial charge is 0.497 e. The van der Waals surface area contributed by atoms with Crippen molar-refractivity contribution in [2.75, 3.05) is 7.11 Å². The number of carbonyl (C=O) groups is 1. The molecule has 2 aromatic rings. The molecule has 0 atom stereocenters. The number of rotatable bonds is 4. The summed E-state index contributed by atoms with van der Waals surface area (Å²) in [6.07, 6.45) is 1.80. The molecule has 0 unspecified atom stereocenters. The van der Waals surface area contributed by atoms with Gasteiger partial charge in [-0.25, -0.2) is 0 Å². The quantitative estimate of drug-likeness (QED) is 0.858. The van der Waals surface area contributed by atoms with Crippen LogP contribution in [0.15, 0.2) is 41.8 Å². The number of thiophene rings is 1. The Bertz CT molecular complexity index is 556. The molecule has 1 aromatic heterocycles. The molecule has 1 amide bonds. The summed E-state index contributed by atoms with van der Waals surface area (Å²) >= 11 is 1.56. The van der Waals surface area contributed by atoms with Crippen LogP contribution in [0.1, 0.15) is 10.4 Å². The van der Waals surface area contributed by atoms with Crippen molar-refractivity contribution < 1.29 is 9.53 Å². The molecule has 92 valence electrons. The van der Waals surface area contributed by atoms with E-state index in [9.17, 15) is 4.79 Å². The van der Waals surface area contributed by atoms with Gasteiger partial charge >= 0.3 is 0 Å². The number of methoxy groups -OCH3 is 1. The summed E-state index contributed by atoms with van der Waals surface area (Å²) in [5.74, 6) is 0.312. The maximum atomic E-state index is 11.5. The fourth-order valence-corrected chi connectivity index (χ4v) is 2.24. The zero-order valence-corrected chi connectivity index (χ0v) is 10.7. The van der Waals surface area contributed by atoms with Crippen LogP contribution < -0.4 is 10.5 Å². The molecule has 1 aromatic carbocycles. The van der Waals surface area contributed by atoms with Crippen molar-refractivity contribution in [3.8, 4) is 5.75 Å². The fraction of sp³-hybridized carbons (Fsp3) is 0.0714. The summed E-state index contributed by atoms with van der Waals surface area (Å²) in [5.41, 5.74) is 6.71. The van der Waals surface area contributed by atoms with E-state index in [0.29, 0.717) is 5.57 Å². The van der Waals surface area contributed by atoms with Crippen LogP contribution >= 0.6 is 11.3 Å². The monoisotopic (exact) mass is 259 g/mol. The highest BCUT2D eigenvalue weighted by atomic mass is 32.1. The molecule has 0 radical (unpaired) electrons. The average molecular weight is 259 g/mol. The Balaban J connectivity index is 2.38. The van der Waals surface area contributed by atoms with Gasteiger partial charge in [-0.1, -0.05) is 18.2 Å². The Hall–Kier alpha value is -2.07. The highest BCUT2D eigenvalue weighted by Gasteiger charge is 2.08. The second-order valence-corrected chi connectivity index (χ2v) is 4.65. The number of benzene rings is 1. The van der Waals surface area contributed by atoms with Crippen molar-refractivity contribution in [1.82, 2.24) is 0 Å². The molecule has 0 fully saturated rings. The Morgan fingerprint density at radius 3 is 2.50 bits per heavy atom. The number of amides is 1. The van der Waals surface area contributed by atoms with Gasteiger partial charge in [-0.05, 0) is 35.2 Å². The van der Waals surface area contributed by atoms with E-state index < -0.39 is 5.91 Å². The number of primary amides is 1. The van der Waals surface area contributed by atoms with Crippen LogP contribution in [0.2, 0.25) is 0 Å². The van der Waals surface area contributed by atoms with Gasteiger partial charge in [0.25, 0.3) is 0 Å². The van der Waals surface area contributed by atoms with Gasteiger partial charge in [-0.3, -0.25) is 4.79 Å². The lowest BCUT2D eigenvalue weighted by Gasteiger charge is -2.05. The normalized spacial score (nSPS) is 11.3. The van der Waals surface area contributed by atoms with Crippen LogP contribution in [0.25, 0.3) is 11.6 Å². The van der Waals surface area contributed by atoms with Crippen LogP contribution in [0.5, 0.6) is 5.75 Å². The number of nitrogens with two attached hydrogens (primary N) is 1. The lowest BCUT2D eigenvalue weighted by Crippen LogP contribution is -2.12. The maximum Gasteiger partial charge on any atom is 0.249 e. The van der Waals surface area contributed by atoms with Gasteiger partial charge in [0.05, 0.1) is 7.11 Å². The van der Waals surface area contributed by atoms with E-state index in [4.69, 9.17) is 10.5 Å². The van der Waals surface area contributed by atoms with Crippen molar-refractivity contribution in [3.63, 3.8) is 0 Å². The molecule has 0 aliphatic rings. The lowest BCUT2D eigenvalue weighted by atomic mass is 10.0. The molecule has 0 saturated heterocycles. The van der Waals surface area contributed by atoms with Crippen molar-refractivity contribution in [3.05, 3.63) is 52.2 Å². The van der Waals surface area contributed by atoms with Crippen LogP contribution in [-0.2, 0) is 4.79 Å². The van der Waals surface area contributed by atoms with Crippen LogP contribution in [0.3, 0.4) is 0 Å². The summed E-state index contributed by atoms with van der Waals surface area (Å²) in [6, 6.07) is 11.1. The van der Waals surface area contributed by atoms with Crippen molar-refractivity contribution in [2.45, 2.75) is 0 Å². The van der Waals surface area contributed by atoms with E-state index in [2.05, 4.69) is 0 Å². The second-order valence-electron chi connectivity index (χ2n) is 3.67. The van der Waals surface area contributed by atoms with Crippen LogP contribution in [-0.4, -0.2) is 13.0 Å². The standard InChI is InChI=1S/C14H13NO2S/c1-17-11-6-4-10(5-7-11)13(14(15)16)9-12-3-2-8-18-12/h2-9H,1H3,(H2,15,16)/b13-9+. The molecule has 0 aliphatic carbocycles. The van der Waals surface area contributed by atoms with Gasteiger partial charge in [-0.2, -0.15) is 0 Å². The van der Waals surface area contributed by atoms with Crippen LogP contribution in [0, 0.1) is 0 Å². The van der Waals surface area contributed by atoms with E-state index in [1.54, 1.807) is 36.7 Å². The first-order valence-corrected chi connectivity index (χ1v) is 6.28. The first-order chi connectivity index (χ1) is 8.70. The van der Waals surface area contributed by atoms with Crippen LogP contribution in [0.4, 0.5) is 0 Å². The van der Waals surface area contributed by atoms with E-state index in [0.717, 1.165) is 16.2 Å². The number of hydrogen-bond donors (Lipinski definition) is 1. The predicted molar refractivity (Wildman–Crippen MR) is 74.4 cm³/mol. The summed E-state index contributed by atoms with van der Waals surface area (Å²) in [5, 5.41) is 1.96. The minimum Gasteiger partial charge on any atom is -0.497 e. The van der Waals surface area contributed by atoms with Gasteiger partial charge < -0.3 is 10.5 Å². The zero-order valence-electron chi connectivity index (χ0n) is 9.92. The molecular weight excluding hydrogens is 246 g/mol. The van der Waals surface area contributed by atoms with Gasteiger partial charge in [0, 0.05) is 10.5 Å². The van der Waals surface area contributed by atoms with E-state index in [1.807, 2.05) is 29.6 Å². The lowest BCUT2D eigenvalue weighted by molar-refractivity contribution is -0.112. The minimum atomic E-state index is -0.437. The molecule has 3 nitrogen and oxygen atoms in total. The fourth-order valence-electron chi connectivity index (χ4n) is 1.58. The Morgan fingerprint density at radius 1 is 1.28 bits per heavy atom. The third-order valence-corrected chi connectivity index (χ3v) is 3.32. The first-order valence-electron chi connectivity index (χ1n) is 5.40. The molecule has 0 saturated carbocycles. The van der Waals surface area contributed by atoms with E-state index >= 15 is 0 Å². The Kier molecular flexibility index (Phi) is 3.79. The third kappa shape index (κ3) is 2.78. The molecule has 0 bridgehead atoms. The SMILES string of the molecule is COc1ccc(/C(=C\c2cccs2)C(N)=O)cc1. The summed E-state index contributed by atoms with van der Waals surface area (Å²) in [4.78, 5) is 12.5. The van der Waals surface area contributed by atoms with Gasteiger partial charge in [0.2, 0.25) is 5.91 Å². The van der Waals surface area contributed by atoms with Gasteiger partial charge in [0.15, 0.2) is 0 Å². The number of ether oxygens (including phenoxy) is 1. The Morgan fingerprint density at radius 2 is 2.00 bits per heavy atom. The maximum absolute atomic E-state index is 11.5. The Labute approximate surface area is 110 Å². The minimum absolute atomic E-state index is 0.437. The molecule has 2 N–H and O–H groups in total. The number of carbonyl (C=O) groups excluding carboxylic acids is 1. The average Bonchev–Trinajstić information content (AvgIpc) is 2.89. The van der Waals surface area contributed by atoms with Crippen molar-refractivity contribution in [2.24, 2.45) is 5.73 Å². The molecule has 2 rings (SSSR count). The highest BCUT2D eigenvalue weighted by Crippen LogP contribution is 2.22. The summed E-state index contributed by atoms with van der Waals surface area (Å²) in [7, 11) is 1.60. The van der Waals surface area contributed by atoms with Crippen molar-refractivity contribution >= 4 is 28.9 Å². The van der Waals surface area contributed by atoms with Gasteiger partial charge in [-0.15, -0.1) is 11.3 Å². The molecule has 4 heteroatoms. The molecule has 18 heavy (non-hydrogen) atoms. The molecule has 0 aliphatic heterocycles. The second kappa shape index (κ2) is 5.51. The van der Waals surface area contributed by atoms with Crippen molar-refractivity contribution in [1.29, 1.82) is 0 Å². The zero-order chi connectivity index (χ0) is 13.0. The highest BCUT2D eigenvalue weighted by molar-refractivity contribution is 7.11. The van der Waals surface area contributed by atoms with E-state index in [1.165, 1.54) is 0 Å².